The fourth-order valence-electron chi connectivity index (χ4n) is 2.56. The quantitative estimate of drug-likeness (QED) is 0.811. The van der Waals surface area contributed by atoms with Gasteiger partial charge in [0.15, 0.2) is 0 Å². The lowest BCUT2D eigenvalue weighted by atomic mass is 10.0. The standard InChI is InChI=1S/C14H20N2OS/c1-10-7-11(14(15)18)4-5-12(10)8-16-6-2-3-13(16)9-17/h4-5,7,13,17H,2-3,6,8-9H2,1H3,(H2,15,18). The van der Waals surface area contributed by atoms with Crippen molar-refractivity contribution in [1.82, 2.24) is 4.90 Å². The molecule has 98 valence electrons. The molecule has 3 nitrogen and oxygen atoms in total. The van der Waals surface area contributed by atoms with E-state index >= 15 is 0 Å². The summed E-state index contributed by atoms with van der Waals surface area (Å²) < 4.78 is 0. The second-order valence-corrected chi connectivity index (χ2v) is 5.39. The Morgan fingerprint density at radius 3 is 2.94 bits per heavy atom. The Morgan fingerprint density at radius 1 is 1.56 bits per heavy atom. The molecule has 0 aromatic heterocycles. The van der Waals surface area contributed by atoms with Crippen LogP contribution < -0.4 is 5.73 Å². The van der Waals surface area contributed by atoms with Crippen LogP contribution in [0, 0.1) is 6.92 Å². The van der Waals surface area contributed by atoms with E-state index < -0.39 is 0 Å². The number of aryl methyl sites for hydroxylation is 1. The first-order chi connectivity index (χ1) is 8.61. The van der Waals surface area contributed by atoms with E-state index in [1.807, 2.05) is 12.1 Å². The highest BCUT2D eigenvalue weighted by molar-refractivity contribution is 7.80. The molecular weight excluding hydrogens is 244 g/mol. The van der Waals surface area contributed by atoms with Crippen LogP contribution in [0.15, 0.2) is 18.2 Å². The number of benzene rings is 1. The third-order valence-corrected chi connectivity index (χ3v) is 3.95. The number of thiocarbonyl (C=S) groups is 1. The second-order valence-electron chi connectivity index (χ2n) is 4.95. The second kappa shape index (κ2) is 5.78. The molecule has 4 heteroatoms. The summed E-state index contributed by atoms with van der Waals surface area (Å²) in [7, 11) is 0. The Hall–Kier alpha value is -0.970. The molecule has 1 fully saturated rings. The Bertz CT molecular complexity index is 447. The minimum atomic E-state index is 0.254. The summed E-state index contributed by atoms with van der Waals surface area (Å²) in [5.41, 5.74) is 9.05. The monoisotopic (exact) mass is 264 g/mol. The predicted molar refractivity (Wildman–Crippen MR) is 77.6 cm³/mol. The molecule has 1 aromatic rings. The highest BCUT2D eigenvalue weighted by Crippen LogP contribution is 2.21. The smallest absolute Gasteiger partial charge is 0.103 e. The lowest BCUT2D eigenvalue weighted by Crippen LogP contribution is -2.31. The molecule has 0 bridgehead atoms. The van der Waals surface area contributed by atoms with Crippen molar-refractivity contribution in [3.63, 3.8) is 0 Å². The van der Waals surface area contributed by atoms with E-state index in [4.69, 9.17) is 18.0 Å². The van der Waals surface area contributed by atoms with Gasteiger partial charge in [-0.3, -0.25) is 4.90 Å². The predicted octanol–water partition coefficient (Wildman–Crippen LogP) is 1.59. The number of rotatable bonds is 4. The van der Waals surface area contributed by atoms with Crippen molar-refractivity contribution in [3.8, 4) is 0 Å². The molecule has 3 N–H and O–H groups in total. The van der Waals surface area contributed by atoms with E-state index in [0.717, 1.165) is 25.1 Å². The average molecular weight is 264 g/mol. The van der Waals surface area contributed by atoms with Gasteiger partial charge in [-0.1, -0.05) is 24.4 Å². The topological polar surface area (TPSA) is 49.5 Å². The van der Waals surface area contributed by atoms with Crippen molar-refractivity contribution in [2.45, 2.75) is 32.4 Å². The molecule has 1 aromatic carbocycles. The Labute approximate surface area is 114 Å². The van der Waals surface area contributed by atoms with Gasteiger partial charge in [0.2, 0.25) is 0 Å². The van der Waals surface area contributed by atoms with Gasteiger partial charge in [0.25, 0.3) is 0 Å². The molecule has 0 radical (unpaired) electrons. The molecule has 1 heterocycles. The first-order valence-corrected chi connectivity index (χ1v) is 6.77. The summed E-state index contributed by atoms with van der Waals surface area (Å²) in [4.78, 5) is 2.79. The molecule has 1 saturated heterocycles. The van der Waals surface area contributed by atoms with Crippen LogP contribution >= 0.6 is 12.2 Å². The van der Waals surface area contributed by atoms with Crippen molar-refractivity contribution in [2.75, 3.05) is 13.2 Å². The van der Waals surface area contributed by atoms with E-state index in [0.29, 0.717) is 11.0 Å². The number of nitrogens with zero attached hydrogens (tertiary/aromatic N) is 1. The minimum absolute atomic E-state index is 0.254. The largest absolute Gasteiger partial charge is 0.395 e. The zero-order chi connectivity index (χ0) is 13.1. The Morgan fingerprint density at radius 2 is 2.33 bits per heavy atom. The Kier molecular flexibility index (Phi) is 4.32. The summed E-state index contributed by atoms with van der Waals surface area (Å²) in [5, 5.41) is 9.33. The summed E-state index contributed by atoms with van der Waals surface area (Å²) in [6, 6.07) is 6.44. The summed E-state index contributed by atoms with van der Waals surface area (Å²) >= 11 is 4.98. The van der Waals surface area contributed by atoms with Gasteiger partial charge in [0.1, 0.15) is 4.99 Å². The van der Waals surface area contributed by atoms with Crippen LogP contribution in [0.2, 0.25) is 0 Å². The first kappa shape index (κ1) is 13.5. The number of hydrogen-bond acceptors (Lipinski definition) is 3. The van der Waals surface area contributed by atoms with Crippen LogP contribution in [0.1, 0.15) is 29.5 Å². The van der Waals surface area contributed by atoms with Crippen molar-refractivity contribution in [3.05, 3.63) is 34.9 Å². The lowest BCUT2D eigenvalue weighted by Gasteiger charge is -2.23. The molecule has 1 aliphatic heterocycles. The normalized spacial score (nSPS) is 20.2. The van der Waals surface area contributed by atoms with E-state index in [-0.39, 0.29) is 6.61 Å². The summed E-state index contributed by atoms with van der Waals surface area (Å²) in [6.45, 7) is 4.31. The van der Waals surface area contributed by atoms with E-state index in [9.17, 15) is 5.11 Å². The van der Waals surface area contributed by atoms with Crippen LogP contribution in [0.25, 0.3) is 0 Å². The van der Waals surface area contributed by atoms with Gasteiger partial charge in [0, 0.05) is 18.2 Å². The molecule has 1 aliphatic rings. The molecular formula is C14H20N2OS. The number of nitrogens with two attached hydrogens (primary N) is 1. The molecule has 1 unspecified atom stereocenters. The van der Waals surface area contributed by atoms with Gasteiger partial charge < -0.3 is 10.8 Å². The minimum Gasteiger partial charge on any atom is -0.395 e. The molecule has 0 saturated carbocycles. The van der Waals surface area contributed by atoms with Gasteiger partial charge in [-0.05, 0) is 43.5 Å². The van der Waals surface area contributed by atoms with Crippen molar-refractivity contribution in [1.29, 1.82) is 0 Å². The van der Waals surface area contributed by atoms with Crippen LogP contribution in [0.5, 0.6) is 0 Å². The van der Waals surface area contributed by atoms with E-state index in [1.54, 1.807) is 0 Å². The fourth-order valence-corrected chi connectivity index (χ4v) is 2.68. The van der Waals surface area contributed by atoms with Gasteiger partial charge in [-0.2, -0.15) is 0 Å². The van der Waals surface area contributed by atoms with Crippen LogP contribution in [-0.4, -0.2) is 34.2 Å². The van der Waals surface area contributed by atoms with Gasteiger partial charge >= 0.3 is 0 Å². The number of likely N-dealkylation sites (tertiary alicyclic amines) is 1. The number of aliphatic hydroxyl groups is 1. The maximum atomic E-state index is 9.33. The Balaban J connectivity index is 2.12. The zero-order valence-electron chi connectivity index (χ0n) is 10.7. The highest BCUT2D eigenvalue weighted by atomic mass is 32.1. The van der Waals surface area contributed by atoms with Crippen molar-refractivity contribution >= 4 is 17.2 Å². The van der Waals surface area contributed by atoms with Gasteiger partial charge in [0.05, 0.1) is 6.61 Å². The third kappa shape index (κ3) is 2.88. The summed E-state index contributed by atoms with van der Waals surface area (Å²) in [5.74, 6) is 0. The molecule has 2 rings (SSSR count). The fraction of sp³-hybridized carbons (Fsp3) is 0.500. The molecule has 1 atom stereocenters. The maximum Gasteiger partial charge on any atom is 0.103 e. The van der Waals surface area contributed by atoms with Crippen LogP contribution in [-0.2, 0) is 6.54 Å². The van der Waals surface area contributed by atoms with Crippen LogP contribution in [0.4, 0.5) is 0 Å². The molecule has 18 heavy (non-hydrogen) atoms. The molecule has 0 aliphatic carbocycles. The van der Waals surface area contributed by atoms with E-state index in [1.165, 1.54) is 17.5 Å². The van der Waals surface area contributed by atoms with E-state index in [2.05, 4.69) is 17.9 Å². The summed E-state index contributed by atoms with van der Waals surface area (Å²) in [6.07, 6.45) is 2.27. The molecule has 0 amide bonds. The SMILES string of the molecule is Cc1cc(C(N)=S)ccc1CN1CCCC1CO. The number of hydrogen-bond donors (Lipinski definition) is 2. The number of aliphatic hydroxyl groups excluding tert-OH is 1. The molecule has 0 spiro atoms. The maximum absolute atomic E-state index is 9.33. The zero-order valence-corrected chi connectivity index (χ0v) is 11.5. The highest BCUT2D eigenvalue weighted by Gasteiger charge is 2.23. The van der Waals surface area contributed by atoms with Crippen molar-refractivity contribution < 1.29 is 5.11 Å². The van der Waals surface area contributed by atoms with Crippen molar-refractivity contribution in [2.24, 2.45) is 5.73 Å². The van der Waals surface area contributed by atoms with Gasteiger partial charge in [-0.25, -0.2) is 0 Å². The third-order valence-electron chi connectivity index (χ3n) is 3.71. The van der Waals surface area contributed by atoms with Gasteiger partial charge in [-0.15, -0.1) is 0 Å². The lowest BCUT2D eigenvalue weighted by molar-refractivity contribution is 0.153. The average Bonchev–Trinajstić information content (AvgIpc) is 2.78. The van der Waals surface area contributed by atoms with Crippen LogP contribution in [0.3, 0.4) is 0 Å². The first-order valence-electron chi connectivity index (χ1n) is 6.36.